The van der Waals surface area contributed by atoms with Gasteiger partial charge in [0.25, 0.3) is 0 Å². The smallest absolute Gasteiger partial charge is 0.241 e. The van der Waals surface area contributed by atoms with Crippen LogP contribution in [0, 0.1) is 11.6 Å². The van der Waals surface area contributed by atoms with E-state index in [1.165, 1.54) is 12.1 Å². The molecule has 1 amide bonds. The van der Waals surface area contributed by atoms with E-state index in [4.69, 9.17) is 14.9 Å². The quantitative estimate of drug-likeness (QED) is 0.856. The van der Waals surface area contributed by atoms with Crippen LogP contribution in [0.2, 0.25) is 0 Å². The van der Waals surface area contributed by atoms with E-state index in [0.29, 0.717) is 11.5 Å². The predicted octanol–water partition coefficient (Wildman–Crippen LogP) is 2.64. The Morgan fingerprint density at radius 3 is 2.80 bits per heavy atom. The molecule has 0 aliphatic rings. The topological polar surface area (TPSA) is 65.5 Å². The summed E-state index contributed by atoms with van der Waals surface area (Å²) < 4.78 is 36.5. The number of hydrogen-bond donors (Lipinski definition) is 1. The molecule has 0 fully saturated rings. The van der Waals surface area contributed by atoms with Crippen molar-refractivity contribution < 1.29 is 22.7 Å². The van der Waals surface area contributed by atoms with Crippen LogP contribution in [-0.2, 0) is 11.4 Å². The minimum absolute atomic E-state index is 0.0209. The van der Waals surface area contributed by atoms with E-state index < -0.39 is 17.5 Å². The number of primary amides is 1. The van der Waals surface area contributed by atoms with E-state index in [-0.39, 0.29) is 12.4 Å². The molecule has 4 nitrogen and oxygen atoms in total. The highest BCUT2D eigenvalue weighted by molar-refractivity contribution is 5.89. The molecular formula is C14H11F2NO3. The van der Waals surface area contributed by atoms with Gasteiger partial charge in [-0.15, -0.1) is 0 Å². The van der Waals surface area contributed by atoms with Crippen molar-refractivity contribution in [1.82, 2.24) is 0 Å². The lowest BCUT2D eigenvalue weighted by molar-refractivity contribution is -0.113. The molecule has 20 heavy (non-hydrogen) atoms. The molecule has 0 bridgehead atoms. The SMILES string of the molecule is NC(=O)/C=C\c1ccc(COc2ccc(F)cc2F)o1. The zero-order valence-corrected chi connectivity index (χ0v) is 10.3. The van der Waals surface area contributed by atoms with Crippen molar-refractivity contribution >= 4 is 12.0 Å². The van der Waals surface area contributed by atoms with E-state index in [9.17, 15) is 13.6 Å². The van der Waals surface area contributed by atoms with Crippen LogP contribution in [0.4, 0.5) is 8.78 Å². The van der Waals surface area contributed by atoms with Gasteiger partial charge in [-0.1, -0.05) is 0 Å². The van der Waals surface area contributed by atoms with Gasteiger partial charge in [0, 0.05) is 12.1 Å². The standard InChI is InChI=1S/C14H11F2NO3/c15-9-1-5-13(12(16)7-9)19-8-11-3-2-10(20-11)4-6-14(17)18/h1-7H,8H2,(H2,17,18)/b6-4-. The number of halogens is 2. The number of benzene rings is 1. The van der Waals surface area contributed by atoms with Gasteiger partial charge in [-0.2, -0.15) is 0 Å². The maximum atomic E-state index is 13.3. The first-order valence-electron chi connectivity index (χ1n) is 5.68. The predicted molar refractivity (Wildman–Crippen MR) is 67.6 cm³/mol. The molecule has 1 aromatic heterocycles. The summed E-state index contributed by atoms with van der Waals surface area (Å²) in [6.45, 7) is -0.0209. The molecule has 0 unspecified atom stereocenters. The Morgan fingerprint density at radius 2 is 2.10 bits per heavy atom. The van der Waals surface area contributed by atoms with Crippen LogP contribution in [0.25, 0.3) is 6.08 Å². The lowest BCUT2D eigenvalue weighted by Crippen LogP contribution is -2.04. The van der Waals surface area contributed by atoms with Gasteiger partial charge in [0.2, 0.25) is 5.91 Å². The molecule has 1 aromatic carbocycles. The molecule has 0 saturated heterocycles. The van der Waals surface area contributed by atoms with Crippen molar-refractivity contribution in [2.75, 3.05) is 0 Å². The van der Waals surface area contributed by atoms with Gasteiger partial charge in [-0.3, -0.25) is 4.79 Å². The molecule has 2 aromatic rings. The summed E-state index contributed by atoms with van der Waals surface area (Å²) in [7, 11) is 0. The number of nitrogens with two attached hydrogens (primary N) is 1. The second-order valence-electron chi connectivity index (χ2n) is 3.90. The summed E-state index contributed by atoms with van der Waals surface area (Å²) >= 11 is 0. The number of carbonyl (C=O) groups is 1. The number of rotatable bonds is 5. The van der Waals surface area contributed by atoms with Crippen molar-refractivity contribution in [2.45, 2.75) is 6.61 Å². The van der Waals surface area contributed by atoms with Crippen LogP contribution < -0.4 is 10.5 Å². The van der Waals surface area contributed by atoms with Gasteiger partial charge in [0.1, 0.15) is 23.9 Å². The van der Waals surface area contributed by atoms with Gasteiger partial charge >= 0.3 is 0 Å². The van der Waals surface area contributed by atoms with Crippen molar-refractivity contribution in [1.29, 1.82) is 0 Å². The third-order valence-electron chi connectivity index (χ3n) is 2.36. The van der Waals surface area contributed by atoms with Gasteiger partial charge < -0.3 is 14.9 Å². The first-order valence-corrected chi connectivity index (χ1v) is 5.68. The largest absolute Gasteiger partial charge is 0.483 e. The van der Waals surface area contributed by atoms with Crippen LogP contribution in [0.1, 0.15) is 11.5 Å². The number of amides is 1. The minimum Gasteiger partial charge on any atom is -0.483 e. The number of carbonyl (C=O) groups excluding carboxylic acids is 1. The van der Waals surface area contributed by atoms with Crippen LogP contribution in [0.15, 0.2) is 40.8 Å². The number of ether oxygens (including phenoxy) is 1. The van der Waals surface area contributed by atoms with Crippen molar-refractivity contribution in [2.24, 2.45) is 5.73 Å². The Bertz CT molecular complexity index is 650. The minimum atomic E-state index is -0.787. The van der Waals surface area contributed by atoms with E-state index in [2.05, 4.69) is 0 Å². The van der Waals surface area contributed by atoms with Crippen LogP contribution in [0.5, 0.6) is 5.75 Å². The molecule has 0 aliphatic heterocycles. The lowest BCUT2D eigenvalue weighted by atomic mass is 10.3. The zero-order valence-electron chi connectivity index (χ0n) is 10.3. The Hall–Kier alpha value is -2.63. The molecule has 2 rings (SSSR count). The van der Waals surface area contributed by atoms with E-state index in [1.807, 2.05) is 0 Å². The fourth-order valence-corrected chi connectivity index (χ4v) is 1.47. The summed E-state index contributed by atoms with van der Waals surface area (Å²) in [6.07, 6.45) is 2.56. The Kier molecular flexibility index (Phi) is 4.14. The molecule has 0 radical (unpaired) electrons. The summed E-state index contributed by atoms with van der Waals surface area (Å²) in [4.78, 5) is 10.6. The Balaban J connectivity index is 1.99. The summed E-state index contributed by atoms with van der Waals surface area (Å²) in [5, 5.41) is 0. The number of hydrogen-bond acceptors (Lipinski definition) is 3. The van der Waals surface area contributed by atoms with Crippen molar-refractivity contribution in [3.8, 4) is 5.75 Å². The van der Waals surface area contributed by atoms with E-state index in [0.717, 1.165) is 18.2 Å². The zero-order chi connectivity index (χ0) is 14.5. The molecule has 0 saturated carbocycles. The van der Waals surface area contributed by atoms with Crippen molar-refractivity contribution in [3.05, 3.63) is 59.6 Å². The van der Waals surface area contributed by atoms with Gasteiger partial charge in [0.15, 0.2) is 11.6 Å². The molecule has 1 heterocycles. The molecule has 0 spiro atoms. The monoisotopic (exact) mass is 279 g/mol. The maximum Gasteiger partial charge on any atom is 0.241 e. The van der Waals surface area contributed by atoms with Crippen LogP contribution >= 0.6 is 0 Å². The van der Waals surface area contributed by atoms with E-state index >= 15 is 0 Å². The fraction of sp³-hybridized carbons (Fsp3) is 0.0714. The highest BCUT2D eigenvalue weighted by Crippen LogP contribution is 2.19. The highest BCUT2D eigenvalue weighted by Gasteiger charge is 2.06. The second kappa shape index (κ2) is 6.01. The maximum absolute atomic E-state index is 13.3. The molecular weight excluding hydrogens is 268 g/mol. The van der Waals surface area contributed by atoms with Gasteiger partial charge in [-0.05, 0) is 30.3 Å². The normalized spacial score (nSPS) is 10.9. The van der Waals surface area contributed by atoms with Crippen LogP contribution in [-0.4, -0.2) is 5.91 Å². The highest BCUT2D eigenvalue weighted by atomic mass is 19.1. The lowest BCUT2D eigenvalue weighted by Gasteiger charge is -2.05. The third-order valence-corrected chi connectivity index (χ3v) is 2.36. The van der Waals surface area contributed by atoms with Crippen molar-refractivity contribution in [3.63, 3.8) is 0 Å². The summed E-state index contributed by atoms with van der Waals surface area (Å²) in [6, 6.07) is 6.25. The van der Waals surface area contributed by atoms with E-state index in [1.54, 1.807) is 12.1 Å². The molecule has 0 aliphatic carbocycles. The van der Waals surface area contributed by atoms with Gasteiger partial charge in [-0.25, -0.2) is 8.78 Å². The average molecular weight is 279 g/mol. The Labute approximate surface area is 113 Å². The Morgan fingerprint density at radius 1 is 1.30 bits per heavy atom. The fourth-order valence-electron chi connectivity index (χ4n) is 1.47. The molecule has 6 heteroatoms. The summed E-state index contributed by atoms with van der Waals surface area (Å²) in [5.41, 5.74) is 4.95. The average Bonchev–Trinajstić information content (AvgIpc) is 2.83. The van der Waals surface area contributed by atoms with Gasteiger partial charge in [0.05, 0.1) is 0 Å². The molecule has 104 valence electrons. The first kappa shape index (κ1) is 13.8. The second-order valence-corrected chi connectivity index (χ2v) is 3.90. The first-order chi connectivity index (χ1) is 9.54. The van der Waals surface area contributed by atoms with Crippen LogP contribution in [0.3, 0.4) is 0 Å². The molecule has 2 N–H and O–H groups in total. The molecule has 0 atom stereocenters. The summed E-state index contributed by atoms with van der Waals surface area (Å²) in [5.74, 6) is -1.28. The number of furan rings is 1. The third kappa shape index (κ3) is 3.68.